The van der Waals surface area contributed by atoms with Crippen LogP contribution in [-0.2, 0) is 28.7 Å². The number of rotatable bonds is 10. The van der Waals surface area contributed by atoms with Crippen molar-refractivity contribution in [1.29, 1.82) is 0 Å². The average Bonchev–Trinajstić information content (AvgIpc) is 2.68. The van der Waals surface area contributed by atoms with Crippen molar-refractivity contribution in [2.45, 2.75) is 36.4 Å². The molecule has 0 bridgehead atoms. The summed E-state index contributed by atoms with van der Waals surface area (Å²) in [5.41, 5.74) is 8.33. The summed E-state index contributed by atoms with van der Waals surface area (Å²) in [7, 11) is 1.20. The Kier molecular flexibility index (Phi) is 7.28. The minimum Gasteiger partial charge on any atom is -0.480 e. The van der Waals surface area contributed by atoms with Gasteiger partial charge in [-0.05, 0) is 12.8 Å². The third kappa shape index (κ3) is 4.49. The van der Waals surface area contributed by atoms with Crippen molar-refractivity contribution in [2.75, 3.05) is 19.5 Å². The maximum absolute atomic E-state index is 12.8. The molecule has 1 unspecified atom stereocenters. The van der Waals surface area contributed by atoms with Crippen LogP contribution in [-0.4, -0.2) is 81.6 Å². The lowest BCUT2D eigenvalue weighted by atomic mass is 9.97. The molecule has 2 heterocycles. The lowest BCUT2D eigenvalue weighted by Gasteiger charge is -2.55. The molecule has 30 heavy (non-hydrogen) atoms. The highest BCUT2D eigenvalue weighted by molar-refractivity contribution is 8.00. The number of fused-ring (bicyclic) bond motifs is 1. The van der Waals surface area contributed by atoms with E-state index in [2.05, 4.69) is 10.1 Å². The van der Waals surface area contributed by atoms with Crippen LogP contribution in [0.4, 0.5) is 4.79 Å². The fourth-order valence-corrected chi connectivity index (χ4v) is 4.51. The predicted molar refractivity (Wildman–Crippen MR) is 101 cm³/mol. The third-order valence-corrected chi connectivity index (χ3v) is 5.96. The molecule has 0 spiro atoms. The monoisotopic (exact) mass is 446 g/mol. The first-order chi connectivity index (χ1) is 14.0. The number of amides is 3. The Morgan fingerprint density at radius 3 is 2.57 bits per heavy atom. The van der Waals surface area contributed by atoms with Crippen LogP contribution in [0.15, 0.2) is 11.3 Å². The number of carbonyl (C=O) groups excluding carboxylic acids is 3. The van der Waals surface area contributed by atoms with Gasteiger partial charge in [0.05, 0.1) is 0 Å². The van der Waals surface area contributed by atoms with Crippen molar-refractivity contribution in [2.24, 2.45) is 11.5 Å². The van der Waals surface area contributed by atoms with Crippen molar-refractivity contribution in [1.82, 2.24) is 10.2 Å². The van der Waals surface area contributed by atoms with Crippen molar-refractivity contribution in [3.63, 3.8) is 0 Å². The van der Waals surface area contributed by atoms with E-state index in [4.69, 9.17) is 21.3 Å². The van der Waals surface area contributed by atoms with Gasteiger partial charge in [-0.25, -0.2) is 9.59 Å². The second kappa shape index (κ2) is 9.32. The summed E-state index contributed by atoms with van der Waals surface area (Å²) >= 11 is 1.12. The Hall–Kier alpha value is -2.84. The molecule has 0 aromatic heterocycles. The van der Waals surface area contributed by atoms with Crippen molar-refractivity contribution < 1.29 is 43.7 Å². The van der Waals surface area contributed by atoms with Gasteiger partial charge in [0.1, 0.15) is 23.7 Å². The summed E-state index contributed by atoms with van der Waals surface area (Å²) in [5.74, 6) is -3.87. The van der Waals surface area contributed by atoms with Gasteiger partial charge in [-0.3, -0.25) is 19.3 Å². The molecule has 0 radical (unpaired) electrons. The van der Waals surface area contributed by atoms with Crippen LogP contribution < -0.4 is 16.8 Å². The van der Waals surface area contributed by atoms with Gasteiger partial charge in [0.25, 0.3) is 11.6 Å². The number of carboxylic acids is 2. The highest BCUT2D eigenvalue weighted by atomic mass is 32.2. The van der Waals surface area contributed by atoms with Crippen molar-refractivity contribution in [3.8, 4) is 0 Å². The van der Waals surface area contributed by atoms with E-state index in [0.29, 0.717) is 0 Å². The molecule has 0 saturated carbocycles. The smallest absolute Gasteiger partial charge is 0.404 e. The summed E-state index contributed by atoms with van der Waals surface area (Å²) < 4.78 is 9.91. The van der Waals surface area contributed by atoms with E-state index in [0.717, 1.165) is 16.7 Å². The van der Waals surface area contributed by atoms with Crippen LogP contribution in [0.5, 0.6) is 0 Å². The summed E-state index contributed by atoms with van der Waals surface area (Å²) in [4.78, 5) is 59.3. The summed E-state index contributed by atoms with van der Waals surface area (Å²) in [5, 5.41) is 19.9. The predicted octanol–water partition coefficient (Wildman–Crippen LogP) is -1.62. The zero-order valence-electron chi connectivity index (χ0n) is 16.0. The maximum atomic E-state index is 12.8. The number of β-lactam (4-membered cyclic amide) rings is 1. The van der Waals surface area contributed by atoms with E-state index < -0.39 is 53.6 Å². The Morgan fingerprint density at radius 2 is 2.03 bits per heavy atom. The normalized spacial score (nSPS) is 23.9. The van der Waals surface area contributed by atoms with Gasteiger partial charge in [0, 0.05) is 24.9 Å². The number of hydrogen-bond acceptors (Lipinski definition) is 9. The molecule has 2 rings (SSSR count). The number of carboxylic acid groups (broad SMARTS) is 2. The number of nitrogens with two attached hydrogens (primary N) is 2. The second-order valence-electron chi connectivity index (χ2n) is 6.53. The molecule has 3 amide bonds. The quantitative estimate of drug-likeness (QED) is 0.190. The molecule has 2 aliphatic heterocycles. The second-order valence-corrected chi connectivity index (χ2v) is 7.60. The first kappa shape index (κ1) is 23.4. The number of primary amides is 1. The number of thioether (sulfide) groups is 1. The van der Waals surface area contributed by atoms with Gasteiger partial charge < -0.3 is 36.5 Å². The van der Waals surface area contributed by atoms with E-state index in [1.54, 1.807) is 0 Å². The molecule has 13 nitrogen and oxygen atoms in total. The average molecular weight is 446 g/mol. The standard InChI is InChI=1S/C16H22N4O9S/c1-28-16(19-9(21)4-2-3-8(17)11(22)23)13(26)20-10(12(24)25)7(5-29-15(18)27)6-30-14(16)20/h8,14H,2-6,17H2,1H3,(H2,18,27)(H,19,21)(H,22,23)(H,24,25)/t8-,14-,16?/m1/s1. The van der Waals surface area contributed by atoms with Crippen LogP contribution in [0.1, 0.15) is 19.3 Å². The van der Waals surface area contributed by atoms with Crippen molar-refractivity contribution in [3.05, 3.63) is 11.3 Å². The molecular weight excluding hydrogens is 424 g/mol. The Bertz CT molecular complexity index is 802. The van der Waals surface area contributed by atoms with Gasteiger partial charge in [-0.2, -0.15) is 0 Å². The van der Waals surface area contributed by atoms with Crippen LogP contribution >= 0.6 is 11.8 Å². The summed E-state index contributed by atoms with van der Waals surface area (Å²) in [6.07, 6.45) is -0.953. The molecule has 0 aromatic carbocycles. The highest BCUT2D eigenvalue weighted by Crippen LogP contribution is 2.46. The zero-order chi connectivity index (χ0) is 22.6. The Labute approximate surface area is 174 Å². The fourth-order valence-electron chi connectivity index (χ4n) is 3.09. The minimum absolute atomic E-state index is 0.0656. The molecule has 3 atom stereocenters. The maximum Gasteiger partial charge on any atom is 0.404 e. The molecule has 166 valence electrons. The Morgan fingerprint density at radius 1 is 1.37 bits per heavy atom. The third-order valence-electron chi connectivity index (χ3n) is 4.58. The lowest BCUT2D eigenvalue weighted by Crippen LogP contribution is -2.80. The van der Waals surface area contributed by atoms with Crippen LogP contribution in [0.3, 0.4) is 0 Å². The Balaban J connectivity index is 2.11. The molecule has 2 aliphatic rings. The first-order valence-corrected chi connectivity index (χ1v) is 9.77. The number of methoxy groups -OCH3 is 1. The molecule has 1 saturated heterocycles. The van der Waals surface area contributed by atoms with Gasteiger partial charge in [-0.15, -0.1) is 11.8 Å². The number of nitrogens with one attached hydrogen (secondary N) is 1. The summed E-state index contributed by atoms with van der Waals surface area (Å²) in [6.45, 7) is -0.392. The highest BCUT2D eigenvalue weighted by Gasteiger charge is 2.66. The zero-order valence-corrected chi connectivity index (χ0v) is 16.8. The summed E-state index contributed by atoms with van der Waals surface area (Å²) in [6, 6.07) is -1.10. The molecule has 0 aliphatic carbocycles. The topological polar surface area (TPSA) is 212 Å². The van der Waals surface area contributed by atoms with E-state index in [1.807, 2.05) is 0 Å². The van der Waals surface area contributed by atoms with E-state index in [1.165, 1.54) is 7.11 Å². The molecule has 7 N–H and O–H groups in total. The number of aliphatic carboxylic acids is 2. The molecular formula is C16H22N4O9S. The van der Waals surface area contributed by atoms with Gasteiger partial charge >= 0.3 is 18.0 Å². The molecule has 1 fully saturated rings. The van der Waals surface area contributed by atoms with Gasteiger partial charge in [-0.1, -0.05) is 0 Å². The van der Waals surface area contributed by atoms with E-state index in [-0.39, 0.29) is 36.3 Å². The number of carbonyl (C=O) groups is 5. The van der Waals surface area contributed by atoms with Crippen LogP contribution in [0, 0.1) is 0 Å². The largest absolute Gasteiger partial charge is 0.480 e. The van der Waals surface area contributed by atoms with E-state index in [9.17, 15) is 29.1 Å². The number of nitrogens with zero attached hydrogens (tertiary/aromatic N) is 1. The van der Waals surface area contributed by atoms with Crippen LogP contribution in [0.2, 0.25) is 0 Å². The van der Waals surface area contributed by atoms with Gasteiger partial charge in [0.15, 0.2) is 0 Å². The fraction of sp³-hybridized carbons (Fsp3) is 0.562. The van der Waals surface area contributed by atoms with E-state index >= 15 is 0 Å². The van der Waals surface area contributed by atoms with Gasteiger partial charge in [0.2, 0.25) is 5.91 Å². The van der Waals surface area contributed by atoms with Crippen LogP contribution in [0.25, 0.3) is 0 Å². The number of ether oxygens (including phenoxy) is 2. The first-order valence-electron chi connectivity index (χ1n) is 8.72. The SMILES string of the molecule is COC1(NC(=O)CCC[C@@H](N)C(=O)O)C(=O)N2C(C(=O)O)=C(COC(N)=O)CS[C@@H]21. The molecule has 14 heteroatoms. The van der Waals surface area contributed by atoms with Crippen molar-refractivity contribution >= 4 is 41.6 Å². The number of hydrogen-bond donors (Lipinski definition) is 5. The lowest BCUT2D eigenvalue weighted by molar-refractivity contribution is -0.192. The minimum atomic E-state index is -1.77. The molecule has 0 aromatic rings.